The lowest BCUT2D eigenvalue weighted by atomic mass is 10.1. The Morgan fingerprint density at radius 2 is 2.00 bits per heavy atom. The first kappa shape index (κ1) is 16.0. The summed E-state index contributed by atoms with van der Waals surface area (Å²) in [6.07, 6.45) is 2.75. The van der Waals surface area contributed by atoms with Crippen LogP contribution in [0.4, 0.5) is 0 Å². The molecule has 2 unspecified atom stereocenters. The van der Waals surface area contributed by atoms with Gasteiger partial charge in [-0.15, -0.1) is 0 Å². The molecule has 0 aliphatic heterocycles. The van der Waals surface area contributed by atoms with Crippen LogP contribution in [0, 0.1) is 5.92 Å². The van der Waals surface area contributed by atoms with Gasteiger partial charge in [0.25, 0.3) is 0 Å². The maximum Gasteiger partial charge on any atom is 0.242 e. The molecule has 3 N–H and O–H groups in total. The molecule has 7 heteroatoms. The highest BCUT2D eigenvalue weighted by atomic mass is 35.5. The first-order valence-electron chi connectivity index (χ1n) is 6.54. The fraction of sp³-hybridized carbons (Fsp3) is 0.538. The van der Waals surface area contributed by atoms with E-state index >= 15 is 0 Å². The molecule has 0 bridgehead atoms. The molecule has 4 nitrogen and oxygen atoms in total. The van der Waals surface area contributed by atoms with Crippen molar-refractivity contribution < 1.29 is 8.42 Å². The molecule has 112 valence electrons. The van der Waals surface area contributed by atoms with Gasteiger partial charge >= 0.3 is 0 Å². The minimum absolute atomic E-state index is 0.0249. The monoisotopic (exact) mass is 336 g/mol. The second-order valence-electron chi connectivity index (χ2n) is 5.31. The Labute approximate surface area is 129 Å². The third kappa shape index (κ3) is 3.46. The van der Waals surface area contributed by atoms with E-state index in [1.807, 2.05) is 0 Å². The van der Waals surface area contributed by atoms with Crippen LogP contribution in [0.5, 0.6) is 0 Å². The molecule has 1 fully saturated rings. The minimum Gasteiger partial charge on any atom is -0.326 e. The van der Waals surface area contributed by atoms with Gasteiger partial charge in [0.1, 0.15) is 4.90 Å². The van der Waals surface area contributed by atoms with Gasteiger partial charge in [-0.25, -0.2) is 13.1 Å². The van der Waals surface area contributed by atoms with E-state index < -0.39 is 10.0 Å². The van der Waals surface area contributed by atoms with E-state index in [2.05, 4.69) is 11.6 Å². The van der Waals surface area contributed by atoms with Crippen molar-refractivity contribution in [3.63, 3.8) is 0 Å². The van der Waals surface area contributed by atoms with Crippen LogP contribution < -0.4 is 10.5 Å². The predicted octanol–water partition coefficient (Wildman–Crippen LogP) is 2.92. The number of hydrogen-bond donors (Lipinski definition) is 2. The van der Waals surface area contributed by atoms with Crippen molar-refractivity contribution in [2.75, 3.05) is 0 Å². The van der Waals surface area contributed by atoms with Crippen molar-refractivity contribution in [1.82, 2.24) is 4.72 Å². The first-order valence-corrected chi connectivity index (χ1v) is 8.77. The molecule has 2 rings (SSSR count). The summed E-state index contributed by atoms with van der Waals surface area (Å²) in [4.78, 5) is 0.0450. The van der Waals surface area contributed by atoms with Gasteiger partial charge in [-0.05, 0) is 42.9 Å². The molecule has 2 atom stereocenters. The summed E-state index contributed by atoms with van der Waals surface area (Å²) in [5.74, 6) is 0.544. The van der Waals surface area contributed by atoms with E-state index in [0.29, 0.717) is 16.5 Å². The smallest absolute Gasteiger partial charge is 0.242 e. The number of rotatable bonds is 4. The number of nitrogens with two attached hydrogens (primary N) is 1. The van der Waals surface area contributed by atoms with Crippen LogP contribution in [0.3, 0.4) is 0 Å². The molecule has 0 amide bonds. The normalized spacial score (nSPS) is 23.2. The van der Waals surface area contributed by atoms with Crippen LogP contribution >= 0.6 is 23.2 Å². The van der Waals surface area contributed by atoms with Crippen LogP contribution in [0.1, 0.15) is 31.7 Å². The lowest BCUT2D eigenvalue weighted by Crippen LogP contribution is -2.33. The Morgan fingerprint density at radius 3 is 2.55 bits per heavy atom. The third-order valence-corrected chi connectivity index (χ3v) is 5.96. The highest BCUT2D eigenvalue weighted by molar-refractivity contribution is 7.89. The maximum atomic E-state index is 12.4. The number of halogens is 2. The Morgan fingerprint density at radius 1 is 1.30 bits per heavy atom. The van der Waals surface area contributed by atoms with E-state index in [9.17, 15) is 8.42 Å². The van der Waals surface area contributed by atoms with Crippen molar-refractivity contribution in [3.8, 4) is 0 Å². The molecule has 0 aromatic heterocycles. The van der Waals surface area contributed by atoms with Gasteiger partial charge in [0.15, 0.2) is 0 Å². The molecule has 1 aromatic rings. The molecule has 1 aromatic carbocycles. The van der Waals surface area contributed by atoms with Crippen LogP contribution in [0.2, 0.25) is 10.0 Å². The topological polar surface area (TPSA) is 72.2 Å². The van der Waals surface area contributed by atoms with E-state index in [0.717, 1.165) is 19.3 Å². The van der Waals surface area contributed by atoms with Gasteiger partial charge in [-0.3, -0.25) is 0 Å². The van der Waals surface area contributed by atoms with E-state index in [1.165, 1.54) is 12.1 Å². The molecule has 1 aliphatic rings. The molecular weight excluding hydrogens is 319 g/mol. The Bertz CT molecular complexity index is 605. The summed E-state index contributed by atoms with van der Waals surface area (Å²) in [6, 6.07) is 2.85. The molecule has 0 saturated heterocycles. The largest absolute Gasteiger partial charge is 0.326 e. The zero-order valence-corrected chi connectivity index (χ0v) is 13.5. The second-order valence-corrected chi connectivity index (χ2v) is 7.81. The minimum atomic E-state index is -3.64. The SMILES string of the molecule is CC1CCC(NS(=O)(=O)c2cc(CN)c(Cl)cc2Cl)C1. The summed E-state index contributed by atoms with van der Waals surface area (Å²) in [7, 11) is -3.64. The lowest BCUT2D eigenvalue weighted by Gasteiger charge is -2.15. The average molecular weight is 337 g/mol. The van der Waals surface area contributed by atoms with E-state index in [1.54, 1.807) is 0 Å². The maximum absolute atomic E-state index is 12.4. The van der Waals surface area contributed by atoms with E-state index in [4.69, 9.17) is 28.9 Å². The van der Waals surface area contributed by atoms with Crippen molar-refractivity contribution in [2.24, 2.45) is 11.7 Å². The van der Waals surface area contributed by atoms with Crippen LogP contribution in [-0.2, 0) is 16.6 Å². The standard InChI is InChI=1S/C13H18Cl2N2O2S/c1-8-2-3-10(4-8)17-20(18,19)13-5-9(7-16)11(14)6-12(13)15/h5-6,8,10,17H,2-4,7,16H2,1H3. The summed E-state index contributed by atoms with van der Waals surface area (Å²) in [5.41, 5.74) is 6.12. The number of nitrogens with one attached hydrogen (secondary N) is 1. The fourth-order valence-corrected chi connectivity index (χ4v) is 4.69. The van der Waals surface area contributed by atoms with Gasteiger partial charge in [0.05, 0.1) is 5.02 Å². The summed E-state index contributed by atoms with van der Waals surface area (Å²) in [6.45, 7) is 2.29. The van der Waals surface area contributed by atoms with Gasteiger partial charge in [-0.1, -0.05) is 30.1 Å². The quantitative estimate of drug-likeness (QED) is 0.887. The van der Waals surface area contributed by atoms with Crippen LogP contribution in [0.15, 0.2) is 17.0 Å². The molecular formula is C13H18Cl2N2O2S. The van der Waals surface area contributed by atoms with Crippen molar-refractivity contribution >= 4 is 33.2 Å². The molecule has 1 aliphatic carbocycles. The van der Waals surface area contributed by atoms with Gasteiger partial charge < -0.3 is 5.73 Å². The third-order valence-electron chi connectivity index (χ3n) is 3.63. The molecule has 0 radical (unpaired) electrons. The van der Waals surface area contributed by atoms with Gasteiger partial charge in [0.2, 0.25) is 10.0 Å². The Kier molecular flexibility index (Phi) is 4.97. The highest BCUT2D eigenvalue weighted by Gasteiger charge is 2.28. The van der Waals surface area contributed by atoms with Crippen LogP contribution in [0.25, 0.3) is 0 Å². The van der Waals surface area contributed by atoms with Crippen LogP contribution in [-0.4, -0.2) is 14.5 Å². The first-order chi connectivity index (χ1) is 9.33. The van der Waals surface area contributed by atoms with Crippen molar-refractivity contribution in [3.05, 3.63) is 27.7 Å². The predicted molar refractivity (Wildman–Crippen MR) is 81.5 cm³/mol. The average Bonchev–Trinajstić information content (AvgIpc) is 2.73. The number of hydrogen-bond acceptors (Lipinski definition) is 3. The molecule has 0 heterocycles. The Balaban J connectivity index is 2.29. The summed E-state index contributed by atoms with van der Waals surface area (Å²) < 4.78 is 27.5. The molecule has 0 spiro atoms. The molecule has 20 heavy (non-hydrogen) atoms. The van der Waals surface area contributed by atoms with Gasteiger partial charge in [0, 0.05) is 17.6 Å². The number of sulfonamides is 1. The zero-order valence-electron chi connectivity index (χ0n) is 11.2. The Hall–Kier alpha value is -0.330. The summed E-state index contributed by atoms with van der Waals surface area (Å²) >= 11 is 12.0. The van der Waals surface area contributed by atoms with Crippen molar-refractivity contribution in [1.29, 1.82) is 0 Å². The molecule has 1 saturated carbocycles. The van der Waals surface area contributed by atoms with E-state index in [-0.39, 0.29) is 22.5 Å². The number of benzene rings is 1. The zero-order chi connectivity index (χ0) is 14.9. The highest BCUT2D eigenvalue weighted by Crippen LogP contribution is 2.30. The lowest BCUT2D eigenvalue weighted by molar-refractivity contribution is 0.538. The summed E-state index contributed by atoms with van der Waals surface area (Å²) in [5, 5.41) is 0.497. The van der Waals surface area contributed by atoms with Crippen molar-refractivity contribution in [2.45, 2.75) is 43.7 Å². The van der Waals surface area contributed by atoms with Gasteiger partial charge in [-0.2, -0.15) is 0 Å². The fourth-order valence-electron chi connectivity index (χ4n) is 2.53. The second kappa shape index (κ2) is 6.20.